The molecule has 0 saturated heterocycles. The van der Waals surface area contributed by atoms with Crippen molar-refractivity contribution in [3.05, 3.63) is 109 Å². The average Bonchev–Trinajstić information content (AvgIpc) is 3.43. The Kier molecular flexibility index (Phi) is 9.29. The molecule has 1 aliphatic carbocycles. The molecule has 2 heteroatoms. The molecule has 6 aromatic carbocycles. The van der Waals surface area contributed by atoms with E-state index >= 15 is 0 Å². The molecule has 0 bridgehead atoms. The topological polar surface area (TPSA) is 18.5 Å². The average molecular weight is 619 g/mol. The lowest BCUT2D eigenvalue weighted by atomic mass is 9.82. The molecule has 0 radical (unpaired) electrons. The molecule has 0 amide bonds. The van der Waals surface area contributed by atoms with E-state index in [2.05, 4.69) is 124 Å². The summed E-state index contributed by atoms with van der Waals surface area (Å²) in [5.74, 6) is 1.88. The molecule has 0 unspecified atom stereocenters. The molecule has 0 atom stereocenters. The van der Waals surface area contributed by atoms with Crippen molar-refractivity contribution in [1.82, 2.24) is 0 Å². The van der Waals surface area contributed by atoms with Gasteiger partial charge in [0.2, 0.25) is 0 Å². The van der Waals surface area contributed by atoms with Crippen LogP contribution in [0.1, 0.15) is 70.8 Å². The first-order valence-corrected chi connectivity index (χ1v) is 17.8. The number of unbranched alkanes of at least 4 members (excludes halogenated alkanes) is 6. The highest BCUT2D eigenvalue weighted by Gasteiger charge is 2.30. The molecule has 0 fully saturated rings. The molecule has 0 aliphatic heterocycles. The maximum absolute atomic E-state index is 6.16. The lowest BCUT2D eigenvalue weighted by Crippen LogP contribution is -1.98. The molecule has 1 aliphatic rings. The summed E-state index contributed by atoms with van der Waals surface area (Å²) in [5, 5.41) is 5.19. The van der Waals surface area contributed by atoms with Gasteiger partial charge in [0.05, 0.1) is 13.2 Å². The van der Waals surface area contributed by atoms with Crippen LogP contribution >= 0.6 is 0 Å². The Bertz CT molecular complexity index is 2000. The van der Waals surface area contributed by atoms with Crippen LogP contribution in [-0.2, 0) is 0 Å². The van der Waals surface area contributed by atoms with Gasteiger partial charge in [0.15, 0.2) is 0 Å². The van der Waals surface area contributed by atoms with Gasteiger partial charge in [-0.3, -0.25) is 0 Å². The third-order valence-electron chi connectivity index (χ3n) is 9.73. The summed E-state index contributed by atoms with van der Waals surface area (Å²) in [4.78, 5) is 0. The standard InChI is InChI=1S/C45H46O2/c1-4-6-8-10-28-46-35-23-19-33(20-24-35)42-37-27-18-31(3)30-40(37)43(34-21-25-36(26-22-34)47-29-11-9-7-5-2)45-39-17-13-15-32-14-12-16-38(41(32)39)44(42)45/h12-27,30H,4-11,28-29H2,1-3H3. The van der Waals surface area contributed by atoms with E-state index in [1.807, 2.05) is 0 Å². The highest BCUT2D eigenvalue weighted by atomic mass is 16.5. The zero-order valence-corrected chi connectivity index (χ0v) is 28.2. The van der Waals surface area contributed by atoms with Crippen LogP contribution in [-0.4, -0.2) is 13.2 Å². The largest absolute Gasteiger partial charge is 0.494 e. The Labute approximate surface area is 280 Å². The highest BCUT2D eigenvalue weighted by molar-refractivity contribution is 6.27. The predicted octanol–water partition coefficient (Wildman–Crippen LogP) is 13.2. The van der Waals surface area contributed by atoms with E-state index < -0.39 is 0 Å². The normalized spacial score (nSPS) is 11.7. The summed E-state index contributed by atoms with van der Waals surface area (Å²) in [5.41, 5.74) is 11.6. The van der Waals surface area contributed by atoms with Crippen molar-refractivity contribution in [3.8, 4) is 56.0 Å². The van der Waals surface area contributed by atoms with Crippen molar-refractivity contribution < 1.29 is 9.47 Å². The fourth-order valence-electron chi connectivity index (χ4n) is 7.37. The second kappa shape index (κ2) is 14.1. The Morgan fingerprint density at radius 3 is 1.49 bits per heavy atom. The first kappa shape index (κ1) is 31.1. The molecule has 7 rings (SSSR count). The van der Waals surface area contributed by atoms with Crippen molar-refractivity contribution in [2.24, 2.45) is 0 Å². The number of hydrogen-bond donors (Lipinski definition) is 0. The second-order valence-corrected chi connectivity index (χ2v) is 13.1. The molecule has 238 valence electrons. The Morgan fingerprint density at radius 2 is 0.979 bits per heavy atom. The van der Waals surface area contributed by atoms with E-state index in [0.717, 1.165) is 37.6 Å². The number of benzene rings is 6. The Morgan fingerprint density at radius 1 is 0.468 bits per heavy atom. The summed E-state index contributed by atoms with van der Waals surface area (Å²) in [6.45, 7) is 8.23. The molecule has 0 aromatic heterocycles. The minimum absolute atomic E-state index is 0.769. The number of hydrogen-bond acceptors (Lipinski definition) is 2. The third kappa shape index (κ3) is 6.14. The SMILES string of the molecule is CCCCCCOc1ccc(-c2c3c(c(-c4ccc(OCCCCCC)cc4)c4cc(C)ccc24)-c2cccc4cccc-3c24)cc1. The maximum Gasteiger partial charge on any atom is 0.119 e. The van der Waals surface area contributed by atoms with Crippen LogP contribution < -0.4 is 9.47 Å². The number of ether oxygens (including phenoxy) is 2. The number of aryl methyl sites for hydroxylation is 1. The minimum Gasteiger partial charge on any atom is -0.494 e. The molecule has 0 heterocycles. The van der Waals surface area contributed by atoms with Crippen LogP contribution in [0, 0.1) is 6.92 Å². The first-order valence-electron chi connectivity index (χ1n) is 17.8. The summed E-state index contributed by atoms with van der Waals surface area (Å²) in [6, 6.07) is 38.2. The molecular formula is C45H46O2. The van der Waals surface area contributed by atoms with E-state index in [1.54, 1.807) is 0 Å². The van der Waals surface area contributed by atoms with Gasteiger partial charge in [-0.05, 0) is 110 Å². The molecule has 47 heavy (non-hydrogen) atoms. The summed E-state index contributed by atoms with van der Waals surface area (Å²) in [7, 11) is 0. The van der Waals surface area contributed by atoms with Crippen LogP contribution in [0.15, 0.2) is 103 Å². The monoisotopic (exact) mass is 618 g/mol. The van der Waals surface area contributed by atoms with Gasteiger partial charge < -0.3 is 9.47 Å². The fourth-order valence-corrected chi connectivity index (χ4v) is 7.37. The van der Waals surface area contributed by atoms with E-state index in [4.69, 9.17) is 9.47 Å². The van der Waals surface area contributed by atoms with E-state index in [1.165, 1.54) is 110 Å². The predicted molar refractivity (Wildman–Crippen MR) is 201 cm³/mol. The van der Waals surface area contributed by atoms with Crippen molar-refractivity contribution in [3.63, 3.8) is 0 Å². The smallest absolute Gasteiger partial charge is 0.119 e. The van der Waals surface area contributed by atoms with Crippen molar-refractivity contribution in [2.75, 3.05) is 13.2 Å². The van der Waals surface area contributed by atoms with Gasteiger partial charge in [-0.1, -0.05) is 137 Å². The molecule has 6 aromatic rings. The Balaban J connectivity index is 1.37. The number of fused-ring (bicyclic) bond motifs is 4. The van der Waals surface area contributed by atoms with Gasteiger partial charge in [0, 0.05) is 0 Å². The third-order valence-corrected chi connectivity index (χ3v) is 9.73. The summed E-state index contributed by atoms with van der Waals surface area (Å²) >= 11 is 0. The lowest BCUT2D eigenvalue weighted by Gasteiger charge is -2.21. The van der Waals surface area contributed by atoms with Crippen LogP contribution in [0.2, 0.25) is 0 Å². The molecule has 0 saturated carbocycles. The van der Waals surface area contributed by atoms with Gasteiger partial charge in [0.1, 0.15) is 11.5 Å². The minimum atomic E-state index is 0.769. The van der Waals surface area contributed by atoms with Crippen LogP contribution in [0.4, 0.5) is 0 Å². The van der Waals surface area contributed by atoms with Crippen molar-refractivity contribution in [1.29, 1.82) is 0 Å². The highest BCUT2D eigenvalue weighted by Crippen LogP contribution is 2.57. The number of rotatable bonds is 14. The maximum atomic E-state index is 6.16. The zero-order chi connectivity index (χ0) is 32.2. The van der Waals surface area contributed by atoms with E-state index in [0.29, 0.717) is 0 Å². The molecule has 2 nitrogen and oxygen atoms in total. The van der Waals surface area contributed by atoms with Crippen LogP contribution in [0.5, 0.6) is 11.5 Å². The first-order chi connectivity index (χ1) is 23.2. The van der Waals surface area contributed by atoms with Crippen LogP contribution in [0.25, 0.3) is 66.1 Å². The fraction of sp³-hybridized carbons (Fsp3) is 0.289. The van der Waals surface area contributed by atoms with Crippen molar-refractivity contribution >= 4 is 21.5 Å². The molecule has 0 N–H and O–H groups in total. The Hall–Kier alpha value is -4.56. The van der Waals surface area contributed by atoms with E-state index in [9.17, 15) is 0 Å². The van der Waals surface area contributed by atoms with Crippen molar-refractivity contribution in [2.45, 2.75) is 72.1 Å². The van der Waals surface area contributed by atoms with Gasteiger partial charge in [0.25, 0.3) is 0 Å². The summed E-state index contributed by atoms with van der Waals surface area (Å²) < 4.78 is 12.3. The van der Waals surface area contributed by atoms with Gasteiger partial charge in [-0.15, -0.1) is 0 Å². The lowest BCUT2D eigenvalue weighted by molar-refractivity contribution is 0.305. The van der Waals surface area contributed by atoms with E-state index in [-0.39, 0.29) is 0 Å². The molecular weight excluding hydrogens is 572 g/mol. The molecule has 0 spiro atoms. The van der Waals surface area contributed by atoms with Gasteiger partial charge >= 0.3 is 0 Å². The van der Waals surface area contributed by atoms with Gasteiger partial charge in [-0.2, -0.15) is 0 Å². The quantitative estimate of drug-likeness (QED) is 0.113. The zero-order valence-electron chi connectivity index (χ0n) is 28.2. The second-order valence-electron chi connectivity index (χ2n) is 13.1. The summed E-state index contributed by atoms with van der Waals surface area (Å²) in [6.07, 6.45) is 9.65. The van der Waals surface area contributed by atoms with Crippen LogP contribution in [0.3, 0.4) is 0 Å². The van der Waals surface area contributed by atoms with Gasteiger partial charge in [-0.25, -0.2) is 0 Å².